The van der Waals surface area contributed by atoms with Crippen LogP contribution in [0.4, 0.5) is 5.69 Å². The molecule has 29 heavy (non-hydrogen) atoms. The maximum atomic E-state index is 12.8. The lowest BCUT2D eigenvalue weighted by atomic mass is 10.2. The molecule has 2 aromatic rings. The van der Waals surface area contributed by atoms with Gasteiger partial charge in [0.1, 0.15) is 11.5 Å². The van der Waals surface area contributed by atoms with Crippen LogP contribution in [0.1, 0.15) is 19.4 Å². The van der Waals surface area contributed by atoms with Crippen LogP contribution in [0.2, 0.25) is 0 Å². The number of carboxylic acid groups (broad SMARTS) is 1. The maximum Gasteiger partial charge on any atom is 0.344 e. The summed E-state index contributed by atoms with van der Waals surface area (Å²) in [6, 6.07) is 13.3. The number of carbonyl (C=O) groups is 2. The van der Waals surface area contributed by atoms with E-state index in [0.29, 0.717) is 28.1 Å². The number of amidine groups is 1. The van der Waals surface area contributed by atoms with Gasteiger partial charge in [0.05, 0.1) is 10.6 Å². The highest BCUT2D eigenvalue weighted by molar-refractivity contribution is 8.18. The summed E-state index contributed by atoms with van der Waals surface area (Å²) in [6.07, 6.45) is 0.757. The van der Waals surface area contributed by atoms with E-state index >= 15 is 0 Å². The number of aliphatic carboxylic acids is 1. The van der Waals surface area contributed by atoms with Gasteiger partial charge in [0.25, 0.3) is 5.91 Å². The van der Waals surface area contributed by atoms with Crippen LogP contribution in [0.25, 0.3) is 6.08 Å². The van der Waals surface area contributed by atoms with Crippen molar-refractivity contribution in [2.75, 3.05) is 6.54 Å². The summed E-state index contributed by atoms with van der Waals surface area (Å²) in [6.45, 7) is 3.80. The molecule has 1 saturated heterocycles. The minimum absolute atomic E-state index is 0.149. The van der Waals surface area contributed by atoms with Crippen molar-refractivity contribution in [2.45, 2.75) is 20.0 Å². The van der Waals surface area contributed by atoms with E-state index in [1.807, 2.05) is 13.0 Å². The highest BCUT2D eigenvalue weighted by Gasteiger charge is 2.32. The van der Waals surface area contributed by atoms with Gasteiger partial charge in [-0.05, 0) is 73.6 Å². The number of amides is 1. The van der Waals surface area contributed by atoms with Crippen LogP contribution in [0.3, 0.4) is 0 Å². The molecular weight excluding hydrogens is 392 g/mol. The van der Waals surface area contributed by atoms with Crippen molar-refractivity contribution in [1.29, 1.82) is 0 Å². The van der Waals surface area contributed by atoms with Crippen LogP contribution < -0.4 is 4.74 Å². The molecule has 1 atom stereocenters. The Hall–Kier alpha value is -3.26. The molecule has 7 nitrogen and oxygen atoms in total. The van der Waals surface area contributed by atoms with Crippen LogP contribution in [0.15, 0.2) is 58.4 Å². The molecule has 0 aromatic heterocycles. The Morgan fingerprint density at radius 3 is 2.66 bits per heavy atom. The fraction of sp³-hybridized carbons (Fsp3) is 0.190. The number of rotatable bonds is 6. The first-order valence-corrected chi connectivity index (χ1v) is 9.77. The number of likely N-dealkylation sites (N-methyl/N-ethyl adjacent to an activating group) is 1. The Kier molecular flexibility index (Phi) is 6.23. The quantitative estimate of drug-likeness (QED) is 0.699. The predicted octanol–water partition coefficient (Wildman–Crippen LogP) is 3.87. The van der Waals surface area contributed by atoms with Gasteiger partial charge in [0.2, 0.25) is 0 Å². The standard InChI is InChI=1S/C21H20N2O5S/c1-3-23-19(25)18(29-21(23)22-15-7-9-16(24)10-8-15)12-14-5-4-6-17(11-14)28-13(2)20(26)27/h4-13,24H,3H2,1-2H3,(H,26,27)/b18-12-,22-21?. The van der Waals surface area contributed by atoms with Crippen LogP contribution in [0.5, 0.6) is 11.5 Å². The molecule has 8 heteroatoms. The van der Waals surface area contributed by atoms with Gasteiger partial charge in [-0.15, -0.1) is 0 Å². The first-order valence-electron chi connectivity index (χ1n) is 8.96. The first-order chi connectivity index (χ1) is 13.9. The Bertz CT molecular complexity index is 985. The number of thioether (sulfide) groups is 1. The number of hydrogen-bond donors (Lipinski definition) is 2. The van der Waals surface area contributed by atoms with Crippen molar-refractivity contribution in [3.05, 3.63) is 59.0 Å². The zero-order valence-corrected chi connectivity index (χ0v) is 16.7. The van der Waals surface area contributed by atoms with Gasteiger partial charge in [-0.25, -0.2) is 9.79 Å². The van der Waals surface area contributed by atoms with Crippen LogP contribution in [0, 0.1) is 0 Å². The summed E-state index contributed by atoms with van der Waals surface area (Å²) < 4.78 is 5.38. The SMILES string of the molecule is CCN1C(=O)/C(=C/c2cccc(OC(C)C(=O)O)c2)SC1=Nc1ccc(O)cc1. The van der Waals surface area contributed by atoms with E-state index in [0.717, 1.165) is 5.56 Å². The minimum atomic E-state index is -1.05. The largest absolute Gasteiger partial charge is 0.508 e. The Labute approximate surface area is 172 Å². The van der Waals surface area contributed by atoms with Crippen LogP contribution in [-0.4, -0.2) is 44.8 Å². The van der Waals surface area contributed by atoms with Gasteiger partial charge in [-0.1, -0.05) is 12.1 Å². The highest BCUT2D eigenvalue weighted by Crippen LogP contribution is 2.34. The van der Waals surface area contributed by atoms with Gasteiger partial charge in [0.15, 0.2) is 11.3 Å². The number of carbonyl (C=O) groups excluding carboxylic acids is 1. The molecule has 2 aromatic carbocycles. The fourth-order valence-corrected chi connectivity index (χ4v) is 3.65. The summed E-state index contributed by atoms with van der Waals surface area (Å²) >= 11 is 1.26. The molecule has 1 unspecified atom stereocenters. The van der Waals surface area contributed by atoms with Gasteiger partial charge in [-0.2, -0.15) is 0 Å². The van der Waals surface area contributed by atoms with Crippen molar-refractivity contribution in [3.8, 4) is 11.5 Å². The predicted molar refractivity (Wildman–Crippen MR) is 112 cm³/mol. The Morgan fingerprint density at radius 1 is 1.28 bits per heavy atom. The Balaban J connectivity index is 1.85. The van der Waals surface area contributed by atoms with Crippen molar-refractivity contribution in [2.24, 2.45) is 4.99 Å². The smallest absolute Gasteiger partial charge is 0.344 e. The Morgan fingerprint density at radius 2 is 2.00 bits per heavy atom. The molecule has 1 heterocycles. The number of carboxylic acids is 1. The number of phenols is 1. The summed E-state index contributed by atoms with van der Waals surface area (Å²) in [5.41, 5.74) is 1.36. The topological polar surface area (TPSA) is 99.4 Å². The number of aliphatic imine (C=N–C) groups is 1. The molecule has 0 radical (unpaired) electrons. The van der Waals surface area contributed by atoms with E-state index in [4.69, 9.17) is 9.84 Å². The number of hydrogen-bond acceptors (Lipinski definition) is 6. The van der Waals surface area contributed by atoms with Crippen molar-refractivity contribution in [1.82, 2.24) is 4.90 Å². The third-order valence-electron chi connectivity index (χ3n) is 4.10. The average Bonchev–Trinajstić information content (AvgIpc) is 2.98. The summed E-state index contributed by atoms with van der Waals surface area (Å²) in [7, 11) is 0. The zero-order valence-electron chi connectivity index (χ0n) is 15.9. The molecule has 2 N–H and O–H groups in total. The van der Waals surface area contributed by atoms with Crippen LogP contribution in [-0.2, 0) is 9.59 Å². The minimum Gasteiger partial charge on any atom is -0.508 e. The monoisotopic (exact) mass is 412 g/mol. The maximum absolute atomic E-state index is 12.8. The highest BCUT2D eigenvalue weighted by atomic mass is 32.2. The number of ether oxygens (including phenoxy) is 1. The molecule has 0 saturated carbocycles. The number of aromatic hydroxyl groups is 1. The van der Waals surface area contributed by atoms with E-state index in [-0.39, 0.29) is 11.7 Å². The molecule has 0 bridgehead atoms. The van der Waals surface area contributed by atoms with Crippen molar-refractivity contribution in [3.63, 3.8) is 0 Å². The number of benzene rings is 2. The van der Waals surface area contributed by atoms with E-state index in [1.165, 1.54) is 30.8 Å². The lowest BCUT2D eigenvalue weighted by Crippen LogP contribution is -2.28. The summed E-state index contributed by atoms with van der Waals surface area (Å²) in [5.74, 6) is -0.643. The molecule has 0 spiro atoms. The second-order valence-corrected chi connectivity index (χ2v) is 7.25. The van der Waals surface area contributed by atoms with Gasteiger partial charge >= 0.3 is 5.97 Å². The molecule has 1 aliphatic rings. The average molecular weight is 412 g/mol. The molecular formula is C21H20N2O5S. The number of nitrogens with zero attached hydrogens (tertiary/aromatic N) is 2. The van der Waals surface area contributed by atoms with Gasteiger partial charge in [0, 0.05) is 6.54 Å². The summed E-state index contributed by atoms with van der Waals surface area (Å²) in [4.78, 5) is 30.3. The second kappa shape index (κ2) is 8.83. The lowest BCUT2D eigenvalue weighted by molar-refractivity contribution is -0.144. The normalized spacial score (nSPS) is 17.7. The molecule has 3 rings (SSSR count). The van der Waals surface area contributed by atoms with Crippen molar-refractivity contribution >= 4 is 40.6 Å². The third kappa shape index (κ3) is 4.97. The van der Waals surface area contributed by atoms with Crippen molar-refractivity contribution < 1.29 is 24.5 Å². The molecule has 1 amide bonds. The van der Waals surface area contributed by atoms with E-state index in [9.17, 15) is 14.7 Å². The molecule has 0 aliphatic carbocycles. The number of phenolic OH excluding ortho intramolecular Hbond substituents is 1. The third-order valence-corrected chi connectivity index (χ3v) is 5.10. The van der Waals surface area contributed by atoms with Gasteiger partial charge in [-0.3, -0.25) is 9.69 Å². The van der Waals surface area contributed by atoms with Crippen LogP contribution >= 0.6 is 11.8 Å². The lowest BCUT2D eigenvalue weighted by Gasteiger charge is -2.12. The molecule has 1 fully saturated rings. The van der Waals surface area contributed by atoms with E-state index < -0.39 is 12.1 Å². The molecule has 150 valence electrons. The van der Waals surface area contributed by atoms with E-state index in [1.54, 1.807) is 41.3 Å². The van der Waals surface area contributed by atoms with Gasteiger partial charge < -0.3 is 14.9 Å². The second-order valence-electron chi connectivity index (χ2n) is 6.24. The van der Waals surface area contributed by atoms with E-state index in [2.05, 4.69) is 4.99 Å². The molecule has 1 aliphatic heterocycles. The fourth-order valence-electron chi connectivity index (χ4n) is 2.59. The first kappa shape index (κ1) is 20.5. The summed E-state index contributed by atoms with van der Waals surface area (Å²) in [5, 5.41) is 18.9. The zero-order chi connectivity index (χ0) is 21.0.